The number of nitrogens with zero attached hydrogens (tertiary/aromatic N) is 5. The molecule has 0 spiro atoms. The summed E-state index contributed by atoms with van der Waals surface area (Å²) in [5, 5.41) is 67.8. The Balaban J connectivity index is 0.000000241. The molecule has 8 N–H and O–H groups in total. The Hall–Kier alpha value is -8.31. The first-order valence-electron chi connectivity index (χ1n) is 28.5. The average molecular weight is 1190 g/mol. The number of ether oxygens (including phenoxy) is 1. The number of carbonyl (C=O) groups is 6. The average Bonchev–Trinajstić information content (AvgIpc) is 2.52. The molecule has 9 rings (SSSR count). The number of phenols is 4. The molecule has 3 amide bonds. The smallest absolute Gasteiger partial charge is 0.313 e. The predicted molar refractivity (Wildman–Crippen MR) is 319 cm³/mol. The Morgan fingerprint density at radius 1 is 0.600 bits per heavy atom. The number of aromatic hydroxyl groups is 4. The lowest BCUT2D eigenvalue weighted by Crippen LogP contribution is -2.48. The van der Waals surface area contributed by atoms with E-state index in [2.05, 4.69) is 40.8 Å². The third-order valence-corrected chi connectivity index (χ3v) is 14.5. The number of rotatable bonds is 18. The molecule has 0 bridgehead atoms. The van der Waals surface area contributed by atoms with Gasteiger partial charge in [0.1, 0.15) is 23.0 Å². The number of carboxylic acids is 1. The van der Waals surface area contributed by atoms with Crippen LogP contribution in [0.5, 0.6) is 23.0 Å². The van der Waals surface area contributed by atoms with E-state index in [1.807, 2.05) is 90.1 Å². The standard InChI is InChI=1S/C31H38N4O7.C26H32N4O4.C5H6O3.ClH/c1-4-32-31(41)29-28(30(42-33-29)23-16-22(19(2)3)24(36)17-25(23)37)21-10-8-20(9-11-21)18-34-12-14-35(15-13-34)26(38)6-5-7-27(39)40;1-4-28-26(33)24-23(18-7-5-17(6-8-18)15-30-11-9-27-10-12-30)25(34-29-24)20-13-19(16(2)3)21(31)14-22(20)32;6-4-2-1-3-5(7)8-4;/h8-11,16-17,19,36-37H,4-7,12-15,18H2,1-3H3,(H,32,41)(H,39,40);5-8,13-14,16,27,31-32H,4,9-12,15H2,1-3H3,(H,28,33);1-3H2;1H. The molecular formula is C62H77ClN8O14. The Morgan fingerprint density at radius 2 is 1.02 bits per heavy atom. The lowest BCUT2D eigenvalue weighted by Gasteiger charge is -2.34. The van der Waals surface area contributed by atoms with Crippen LogP contribution in [-0.4, -0.2) is 152 Å². The van der Waals surface area contributed by atoms with Crippen LogP contribution in [0.2, 0.25) is 0 Å². The van der Waals surface area contributed by atoms with E-state index in [0.717, 1.165) is 43.9 Å². The fourth-order valence-corrected chi connectivity index (χ4v) is 10.0. The van der Waals surface area contributed by atoms with Crippen molar-refractivity contribution >= 4 is 48.0 Å². The van der Waals surface area contributed by atoms with Gasteiger partial charge in [0.15, 0.2) is 22.9 Å². The van der Waals surface area contributed by atoms with Crippen LogP contribution in [0.15, 0.2) is 81.8 Å². The van der Waals surface area contributed by atoms with Crippen molar-refractivity contribution in [3.05, 3.63) is 106 Å². The number of phenolic OH excluding ortho intramolecular Hbond substituents is 4. The number of aromatic nitrogens is 2. The van der Waals surface area contributed by atoms with E-state index < -0.39 is 11.9 Å². The van der Waals surface area contributed by atoms with Crippen molar-refractivity contribution in [2.75, 3.05) is 65.4 Å². The van der Waals surface area contributed by atoms with E-state index in [0.29, 0.717) is 110 Å². The molecule has 85 heavy (non-hydrogen) atoms. The van der Waals surface area contributed by atoms with Gasteiger partial charge in [0.25, 0.3) is 11.8 Å². The van der Waals surface area contributed by atoms with Gasteiger partial charge in [0.2, 0.25) is 5.91 Å². The Morgan fingerprint density at radius 3 is 1.40 bits per heavy atom. The van der Waals surface area contributed by atoms with Gasteiger partial charge in [-0.1, -0.05) is 86.5 Å². The highest BCUT2D eigenvalue weighted by atomic mass is 35.5. The highest BCUT2D eigenvalue weighted by Gasteiger charge is 2.30. The molecular weight excluding hydrogens is 1120 g/mol. The highest BCUT2D eigenvalue weighted by Crippen LogP contribution is 2.45. The third kappa shape index (κ3) is 17.4. The molecule has 5 heterocycles. The normalized spacial score (nSPS) is 14.6. The van der Waals surface area contributed by atoms with Crippen molar-refractivity contribution in [2.24, 2.45) is 0 Å². The van der Waals surface area contributed by atoms with Crippen molar-refractivity contribution < 1.29 is 68.1 Å². The number of carboxylic acid groups (broad SMARTS) is 1. The summed E-state index contributed by atoms with van der Waals surface area (Å²) in [5.74, 6) is -2.24. The van der Waals surface area contributed by atoms with Gasteiger partial charge < -0.3 is 60.2 Å². The summed E-state index contributed by atoms with van der Waals surface area (Å²) in [4.78, 5) is 75.7. The maximum absolute atomic E-state index is 12.9. The lowest BCUT2D eigenvalue weighted by molar-refractivity contribution is -0.163. The van der Waals surface area contributed by atoms with E-state index in [1.165, 1.54) is 17.7 Å². The maximum Gasteiger partial charge on any atom is 0.313 e. The molecule has 3 aliphatic heterocycles. The summed E-state index contributed by atoms with van der Waals surface area (Å²) in [6.07, 6.45) is 2.03. The fraction of sp³-hybridized carbons (Fsp3) is 0.419. The number of halogens is 1. The minimum absolute atomic E-state index is 0. The number of piperazine rings is 2. The number of cyclic esters (lactones) is 2. The van der Waals surface area contributed by atoms with Crippen LogP contribution < -0.4 is 16.0 Å². The van der Waals surface area contributed by atoms with Crippen LogP contribution in [0.25, 0.3) is 44.9 Å². The molecule has 2 aromatic heterocycles. The molecule has 0 atom stereocenters. The molecule has 0 unspecified atom stereocenters. The zero-order valence-corrected chi connectivity index (χ0v) is 49.7. The molecule has 3 saturated heterocycles. The first kappa shape index (κ1) is 65.8. The number of aliphatic carboxylic acids is 1. The minimum Gasteiger partial charge on any atom is -0.508 e. The lowest BCUT2D eigenvalue weighted by atomic mass is 9.94. The van der Waals surface area contributed by atoms with Gasteiger partial charge in [-0.15, -0.1) is 12.4 Å². The largest absolute Gasteiger partial charge is 0.508 e. The first-order valence-corrected chi connectivity index (χ1v) is 28.5. The number of esters is 2. The SMILES string of the molecule is CCNC(=O)c1noc(-c2cc(C(C)C)c(O)cc2O)c1-c1ccc(CN2CCN(C(=O)CCCC(=O)O)CC2)cc1.CCNC(=O)c1noc(-c2cc(C(C)C)c(O)cc2O)c1-c1ccc(CN2CCNCC2)cc1.Cl.O=C1CCCC(=O)O1. The fourth-order valence-electron chi connectivity index (χ4n) is 10.0. The monoisotopic (exact) mass is 1190 g/mol. The van der Waals surface area contributed by atoms with Crippen LogP contribution in [0.4, 0.5) is 0 Å². The van der Waals surface area contributed by atoms with Crippen molar-refractivity contribution in [3.8, 4) is 67.9 Å². The van der Waals surface area contributed by atoms with Crippen molar-refractivity contribution in [3.63, 3.8) is 0 Å². The summed E-state index contributed by atoms with van der Waals surface area (Å²) in [7, 11) is 0. The van der Waals surface area contributed by atoms with E-state index in [4.69, 9.17) is 14.2 Å². The summed E-state index contributed by atoms with van der Waals surface area (Å²) in [5.41, 5.74) is 6.89. The van der Waals surface area contributed by atoms with Crippen molar-refractivity contribution in [1.82, 2.24) is 41.0 Å². The van der Waals surface area contributed by atoms with Crippen molar-refractivity contribution in [2.45, 2.75) is 105 Å². The van der Waals surface area contributed by atoms with E-state index in [9.17, 15) is 49.2 Å². The first-order chi connectivity index (χ1) is 40.3. The number of carbonyl (C=O) groups excluding carboxylic acids is 5. The van der Waals surface area contributed by atoms with E-state index >= 15 is 0 Å². The Bertz CT molecular complexity index is 3260. The number of amides is 3. The van der Waals surface area contributed by atoms with Crippen LogP contribution in [0, 0.1) is 0 Å². The van der Waals surface area contributed by atoms with Crippen molar-refractivity contribution in [1.29, 1.82) is 0 Å². The summed E-state index contributed by atoms with van der Waals surface area (Å²) >= 11 is 0. The molecule has 3 aliphatic rings. The van der Waals surface area contributed by atoms with E-state index in [1.54, 1.807) is 17.0 Å². The second-order valence-electron chi connectivity index (χ2n) is 21.4. The molecule has 22 nitrogen and oxygen atoms in total. The molecule has 0 radical (unpaired) electrons. The summed E-state index contributed by atoms with van der Waals surface area (Å²) in [6.45, 7) is 20.4. The molecule has 3 fully saturated rings. The number of hydrogen-bond donors (Lipinski definition) is 8. The van der Waals surface area contributed by atoms with Gasteiger partial charge in [0, 0.05) is 116 Å². The van der Waals surface area contributed by atoms with Gasteiger partial charge in [-0.3, -0.25) is 38.6 Å². The number of nitrogens with one attached hydrogen (secondary N) is 3. The molecule has 456 valence electrons. The molecule has 4 aromatic carbocycles. The zero-order chi connectivity index (χ0) is 60.6. The van der Waals surface area contributed by atoms with E-state index in [-0.39, 0.29) is 107 Å². The Kier molecular flexibility index (Phi) is 24.0. The van der Waals surface area contributed by atoms with Crippen LogP contribution in [0.3, 0.4) is 0 Å². The van der Waals surface area contributed by atoms with Gasteiger partial charge >= 0.3 is 17.9 Å². The van der Waals surface area contributed by atoms with Crippen LogP contribution in [0.1, 0.15) is 135 Å². The van der Waals surface area contributed by atoms with Gasteiger partial charge in [0.05, 0.1) is 22.3 Å². The van der Waals surface area contributed by atoms with Gasteiger partial charge in [-0.25, -0.2) is 0 Å². The molecule has 23 heteroatoms. The highest BCUT2D eigenvalue weighted by molar-refractivity contribution is 6.03. The van der Waals surface area contributed by atoms with Gasteiger partial charge in [-0.2, -0.15) is 0 Å². The summed E-state index contributed by atoms with van der Waals surface area (Å²) in [6, 6.07) is 21.6. The molecule has 6 aromatic rings. The third-order valence-electron chi connectivity index (χ3n) is 14.5. The van der Waals surface area contributed by atoms with Crippen LogP contribution >= 0.6 is 12.4 Å². The summed E-state index contributed by atoms with van der Waals surface area (Å²) < 4.78 is 15.5. The number of benzene rings is 4. The molecule has 0 saturated carbocycles. The topological polar surface area (TPSA) is 311 Å². The quantitative estimate of drug-likeness (QED) is 0.0295. The second kappa shape index (κ2) is 31.0. The minimum atomic E-state index is -0.891. The second-order valence-corrected chi connectivity index (χ2v) is 21.4. The van der Waals surface area contributed by atoms with Gasteiger partial charge in [-0.05, 0) is 84.0 Å². The molecule has 0 aliphatic carbocycles. The Labute approximate surface area is 499 Å². The zero-order valence-electron chi connectivity index (χ0n) is 48.9. The number of hydrogen-bond acceptors (Lipinski definition) is 18. The maximum atomic E-state index is 12.9. The van der Waals surface area contributed by atoms with Crippen LogP contribution in [-0.2, 0) is 37.0 Å². The predicted octanol–water partition coefficient (Wildman–Crippen LogP) is 8.55.